The summed E-state index contributed by atoms with van der Waals surface area (Å²) in [5, 5.41) is 17.3. The topological polar surface area (TPSA) is 94.9 Å². The van der Waals surface area contributed by atoms with Gasteiger partial charge in [0.05, 0.1) is 6.42 Å². The molecule has 0 bridgehead atoms. The largest absolute Gasteiger partial charge is 0.481 e. The molecule has 17 heavy (non-hydrogen) atoms. The number of carboxylic acids is 2. The lowest BCUT2D eigenvalue weighted by Gasteiger charge is -2.26. The van der Waals surface area contributed by atoms with Crippen LogP contribution in [0.2, 0.25) is 0 Å². The van der Waals surface area contributed by atoms with E-state index in [1.54, 1.807) is 4.90 Å². The highest BCUT2D eigenvalue weighted by molar-refractivity contribution is 5.79. The molecule has 1 fully saturated rings. The van der Waals surface area contributed by atoms with E-state index in [4.69, 9.17) is 10.2 Å². The molecule has 0 spiro atoms. The highest BCUT2D eigenvalue weighted by Crippen LogP contribution is 2.20. The van der Waals surface area contributed by atoms with E-state index in [1.807, 2.05) is 0 Å². The van der Waals surface area contributed by atoms with E-state index >= 15 is 0 Å². The van der Waals surface area contributed by atoms with E-state index in [2.05, 4.69) is 0 Å². The van der Waals surface area contributed by atoms with Crippen molar-refractivity contribution in [3.63, 3.8) is 0 Å². The summed E-state index contributed by atoms with van der Waals surface area (Å²) in [4.78, 5) is 34.2. The number of rotatable bonds is 7. The monoisotopic (exact) mass is 243 g/mol. The fourth-order valence-corrected chi connectivity index (χ4v) is 2.11. The van der Waals surface area contributed by atoms with Gasteiger partial charge in [-0.25, -0.2) is 0 Å². The molecular formula is C11H17NO5. The number of carbonyl (C=O) groups excluding carboxylic acids is 1. The molecule has 1 amide bonds. The van der Waals surface area contributed by atoms with E-state index in [0.717, 1.165) is 6.42 Å². The van der Waals surface area contributed by atoms with Gasteiger partial charge in [-0.1, -0.05) is 0 Å². The average Bonchev–Trinajstić information content (AvgIpc) is 2.61. The predicted molar refractivity (Wildman–Crippen MR) is 58.5 cm³/mol. The van der Waals surface area contributed by atoms with Gasteiger partial charge >= 0.3 is 11.9 Å². The summed E-state index contributed by atoms with van der Waals surface area (Å²) in [6, 6.07) is -0.359. The minimum Gasteiger partial charge on any atom is -0.481 e. The van der Waals surface area contributed by atoms with E-state index in [9.17, 15) is 14.4 Å². The Hall–Kier alpha value is -1.59. The third kappa shape index (κ3) is 4.42. The van der Waals surface area contributed by atoms with Crippen LogP contribution in [-0.2, 0) is 14.4 Å². The van der Waals surface area contributed by atoms with E-state index in [-0.39, 0.29) is 24.8 Å². The molecule has 6 heteroatoms. The molecule has 0 aromatic carbocycles. The van der Waals surface area contributed by atoms with Crippen LogP contribution in [0.15, 0.2) is 0 Å². The molecule has 6 nitrogen and oxygen atoms in total. The van der Waals surface area contributed by atoms with Gasteiger partial charge in [0.15, 0.2) is 0 Å². The van der Waals surface area contributed by atoms with Crippen molar-refractivity contribution in [2.45, 2.75) is 44.6 Å². The third-order valence-electron chi connectivity index (χ3n) is 2.89. The molecule has 1 rings (SSSR count). The molecule has 2 N–H and O–H groups in total. The van der Waals surface area contributed by atoms with Gasteiger partial charge < -0.3 is 15.1 Å². The number of amides is 1. The fourth-order valence-electron chi connectivity index (χ4n) is 2.11. The van der Waals surface area contributed by atoms with Crippen molar-refractivity contribution in [2.24, 2.45) is 0 Å². The fraction of sp³-hybridized carbons (Fsp3) is 0.727. The first-order chi connectivity index (χ1) is 8.00. The number of likely N-dealkylation sites (tertiary alicyclic amines) is 1. The molecular weight excluding hydrogens is 226 g/mol. The highest BCUT2D eigenvalue weighted by Gasteiger charge is 2.29. The van der Waals surface area contributed by atoms with E-state index < -0.39 is 11.9 Å². The molecule has 1 saturated heterocycles. The number of carbonyl (C=O) groups is 3. The molecule has 1 atom stereocenters. The Morgan fingerprint density at radius 2 is 2.00 bits per heavy atom. The molecule has 1 aliphatic heterocycles. The van der Waals surface area contributed by atoms with E-state index in [0.29, 0.717) is 25.8 Å². The Morgan fingerprint density at radius 1 is 1.29 bits per heavy atom. The standard InChI is InChI=1S/C11H17NO5/c13-9-4-2-6-12(9)8(7-11(16)17)3-1-5-10(14)15/h8H,1-7H2,(H,14,15)(H,16,17). The molecule has 96 valence electrons. The van der Waals surface area contributed by atoms with Gasteiger partial charge in [0.25, 0.3) is 0 Å². The molecule has 1 heterocycles. The second-order valence-corrected chi connectivity index (χ2v) is 4.23. The zero-order valence-electron chi connectivity index (χ0n) is 9.59. The first-order valence-electron chi connectivity index (χ1n) is 5.73. The van der Waals surface area contributed by atoms with Crippen molar-refractivity contribution in [1.29, 1.82) is 0 Å². The van der Waals surface area contributed by atoms with Crippen molar-refractivity contribution >= 4 is 17.8 Å². The second kappa shape index (κ2) is 6.22. The van der Waals surface area contributed by atoms with Crippen LogP contribution in [0.4, 0.5) is 0 Å². The van der Waals surface area contributed by atoms with Crippen LogP contribution in [0.25, 0.3) is 0 Å². The maximum Gasteiger partial charge on any atom is 0.305 e. The van der Waals surface area contributed by atoms with Gasteiger partial charge in [-0.2, -0.15) is 0 Å². The minimum absolute atomic E-state index is 0.0121. The summed E-state index contributed by atoms with van der Waals surface area (Å²) in [6.07, 6.45) is 1.97. The summed E-state index contributed by atoms with van der Waals surface area (Å²) >= 11 is 0. The Morgan fingerprint density at radius 3 is 2.47 bits per heavy atom. The molecule has 0 aromatic heterocycles. The summed E-state index contributed by atoms with van der Waals surface area (Å²) < 4.78 is 0. The lowest BCUT2D eigenvalue weighted by atomic mass is 10.0. The quantitative estimate of drug-likeness (QED) is 0.686. The van der Waals surface area contributed by atoms with Crippen LogP contribution >= 0.6 is 0 Å². The molecule has 1 unspecified atom stereocenters. The maximum absolute atomic E-state index is 11.5. The second-order valence-electron chi connectivity index (χ2n) is 4.23. The lowest BCUT2D eigenvalue weighted by molar-refractivity contribution is -0.139. The number of hydrogen-bond donors (Lipinski definition) is 2. The van der Waals surface area contributed by atoms with Crippen LogP contribution in [0.5, 0.6) is 0 Å². The third-order valence-corrected chi connectivity index (χ3v) is 2.89. The maximum atomic E-state index is 11.5. The van der Waals surface area contributed by atoms with Gasteiger partial charge in [-0.3, -0.25) is 14.4 Å². The van der Waals surface area contributed by atoms with Crippen LogP contribution in [-0.4, -0.2) is 45.5 Å². The van der Waals surface area contributed by atoms with Crippen LogP contribution in [0.1, 0.15) is 38.5 Å². The van der Waals surface area contributed by atoms with Crippen molar-refractivity contribution in [2.75, 3.05) is 6.54 Å². The molecule has 0 aliphatic carbocycles. The number of aliphatic carboxylic acids is 2. The highest BCUT2D eigenvalue weighted by atomic mass is 16.4. The summed E-state index contributed by atoms with van der Waals surface area (Å²) in [6.45, 7) is 0.587. The molecule has 0 aromatic rings. The SMILES string of the molecule is O=C(O)CCCC(CC(=O)O)N1CCCC1=O. The van der Waals surface area contributed by atoms with Crippen molar-refractivity contribution in [3.05, 3.63) is 0 Å². The Bertz CT molecular complexity index is 315. The summed E-state index contributed by atoms with van der Waals surface area (Å²) in [7, 11) is 0. The zero-order chi connectivity index (χ0) is 12.8. The lowest BCUT2D eigenvalue weighted by Crippen LogP contribution is -2.37. The van der Waals surface area contributed by atoms with Crippen LogP contribution < -0.4 is 0 Å². The summed E-state index contributed by atoms with van der Waals surface area (Å²) in [5.74, 6) is -1.87. The number of hydrogen-bond acceptors (Lipinski definition) is 3. The first-order valence-corrected chi connectivity index (χ1v) is 5.73. The number of carboxylic acid groups (broad SMARTS) is 2. The first kappa shape index (κ1) is 13.5. The van der Waals surface area contributed by atoms with Crippen LogP contribution in [0.3, 0.4) is 0 Å². The summed E-state index contributed by atoms with van der Waals surface area (Å²) in [5.41, 5.74) is 0. The minimum atomic E-state index is -0.954. The van der Waals surface area contributed by atoms with Gasteiger partial charge in [0.2, 0.25) is 5.91 Å². The zero-order valence-corrected chi connectivity index (χ0v) is 9.59. The Labute approximate surface area is 99.2 Å². The van der Waals surface area contributed by atoms with E-state index in [1.165, 1.54) is 0 Å². The van der Waals surface area contributed by atoms with Gasteiger partial charge in [0.1, 0.15) is 0 Å². The Balaban J connectivity index is 2.50. The van der Waals surface area contributed by atoms with Crippen LogP contribution in [0, 0.1) is 0 Å². The smallest absolute Gasteiger partial charge is 0.305 e. The van der Waals surface area contributed by atoms with Gasteiger partial charge in [0, 0.05) is 25.4 Å². The average molecular weight is 243 g/mol. The predicted octanol–water partition coefficient (Wildman–Crippen LogP) is 0.707. The Kier molecular flexibility index (Phi) is 4.93. The van der Waals surface area contributed by atoms with Crippen molar-refractivity contribution in [1.82, 2.24) is 4.90 Å². The van der Waals surface area contributed by atoms with Gasteiger partial charge in [-0.15, -0.1) is 0 Å². The normalized spacial score (nSPS) is 17.2. The van der Waals surface area contributed by atoms with Crippen molar-refractivity contribution < 1.29 is 24.6 Å². The van der Waals surface area contributed by atoms with Crippen molar-refractivity contribution in [3.8, 4) is 0 Å². The molecule has 0 saturated carbocycles. The number of nitrogens with zero attached hydrogens (tertiary/aromatic N) is 1. The molecule has 1 aliphatic rings. The van der Waals surface area contributed by atoms with Gasteiger partial charge in [-0.05, 0) is 19.3 Å². The molecule has 0 radical (unpaired) electrons.